The molecule has 11 heavy (non-hydrogen) atoms. The predicted octanol–water partition coefficient (Wildman–Crippen LogP) is 0.422. The van der Waals surface area contributed by atoms with Crippen molar-refractivity contribution in [3.8, 4) is 0 Å². The molecule has 0 aliphatic carbocycles. The van der Waals surface area contributed by atoms with Gasteiger partial charge in [-0.3, -0.25) is 10.2 Å². The molecule has 0 atom stereocenters. The van der Waals surface area contributed by atoms with E-state index in [0.717, 1.165) is 10.4 Å². The maximum Gasteiger partial charge on any atom is 0.123 e. The summed E-state index contributed by atoms with van der Waals surface area (Å²) < 4.78 is 0. The second kappa shape index (κ2) is 3.47. The van der Waals surface area contributed by atoms with Crippen LogP contribution in [0, 0.1) is 5.41 Å². The smallest absolute Gasteiger partial charge is 0.123 e. The van der Waals surface area contributed by atoms with Crippen LogP contribution in [-0.2, 0) is 11.4 Å². The van der Waals surface area contributed by atoms with Gasteiger partial charge in [-0.15, -0.1) is 11.3 Å². The van der Waals surface area contributed by atoms with E-state index < -0.39 is 0 Å². The Labute approximate surface area is 68.2 Å². The van der Waals surface area contributed by atoms with Crippen molar-refractivity contribution < 1.29 is 4.84 Å². The molecule has 0 bridgehead atoms. The predicted molar refractivity (Wildman–Crippen MR) is 44.3 cm³/mol. The molecule has 0 aromatic carbocycles. The number of nitrogens with two attached hydrogens (primary N) is 2. The van der Waals surface area contributed by atoms with Gasteiger partial charge in [-0.2, -0.15) is 0 Å². The van der Waals surface area contributed by atoms with Gasteiger partial charge >= 0.3 is 0 Å². The van der Waals surface area contributed by atoms with Gasteiger partial charge in [0.1, 0.15) is 12.4 Å². The van der Waals surface area contributed by atoms with E-state index in [1.807, 2.05) is 0 Å². The Morgan fingerprint density at radius 3 is 2.91 bits per heavy atom. The van der Waals surface area contributed by atoms with E-state index >= 15 is 0 Å². The van der Waals surface area contributed by atoms with Crippen LogP contribution in [0.2, 0.25) is 0 Å². The topological polar surface area (TPSA) is 85.1 Å². The summed E-state index contributed by atoms with van der Waals surface area (Å²) in [5.41, 5.74) is 5.97. The molecular weight excluding hydrogens is 162 g/mol. The Bertz CT molecular complexity index is 258. The highest BCUT2D eigenvalue weighted by molar-refractivity contribution is 7.10. The molecule has 0 saturated carbocycles. The first-order valence-electron chi connectivity index (χ1n) is 2.97. The number of nitrogen functional groups attached to an aromatic ring is 1. The molecule has 0 aliphatic rings. The number of thiophene rings is 1. The third-order valence-electron chi connectivity index (χ3n) is 1.19. The molecule has 1 aromatic rings. The molecule has 0 fully saturated rings. The van der Waals surface area contributed by atoms with Crippen molar-refractivity contribution in [1.29, 1.82) is 5.41 Å². The Balaban J connectivity index is 2.73. The zero-order valence-electron chi connectivity index (χ0n) is 5.83. The average molecular weight is 171 g/mol. The van der Waals surface area contributed by atoms with E-state index in [-0.39, 0.29) is 5.84 Å². The molecular formula is C6H9N3OS. The molecule has 0 saturated heterocycles. The number of amidine groups is 1. The summed E-state index contributed by atoms with van der Waals surface area (Å²) in [5, 5.41) is 8.90. The van der Waals surface area contributed by atoms with E-state index in [2.05, 4.69) is 4.84 Å². The van der Waals surface area contributed by atoms with Gasteiger partial charge in [-0.1, -0.05) is 0 Å². The molecule has 5 N–H and O–H groups in total. The summed E-state index contributed by atoms with van der Waals surface area (Å²) in [5.74, 6) is 4.94. The number of nitrogens with one attached hydrogen (secondary N) is 1. The molecule has 0 amide bonds. The first-order valence-corrected chi connectivity index (χ1v) is 3.85. The van der Waals surface area contributed by atoms with E-state index in [4.69, 9.17) is 17.0 Å². The normalized spacial score (nSPS) is 9.91. The number of hydrogen-bond donors (Lipinski definition) is 3. The molecule has 0 spiro atoms. The van der Waals surface area contributed by atoms with Crippen molar-refractivity contribution in [2.75, 3.05) is 0 Å². The van der Waals surface area contributed by atoms with Crippen molar-refractivity contribution in [1.82, 2.24) is 0 Å². The second-order valence-electron chi connectivity index (χ2n) is 2.03. The standard InChI is InChI=1S/C6H9N3OS/c7-6(8)4-1-5(2-10-9)11-3-4/h1,3H,2,9H2,(H3,7,8). The van der Waals surface area contributed by atoms with Gasteiger partial charge in [0, 0.05) is 15.8 Å². The fourth-order valence-electron chi connectivity index (χ4n) is 0.680. The second-order valence-corrected chi connectivity index (χ2v) is 3.02. The van der Waals surface area contributed by atoms with Crippen LogP contribution in [0.4, 0.5) is 0 Å². The fraction of sp³-hybridized carbons (Fsp3) is 0.167. The van der Waals surface area contributed by atoms with Crippen LogP contribution in [0.15, 0.2) is 11.4 Å². The SMILES string of the molecule is N=C(N)c1csc(CON)c1. The lowest BCUT2D eigenvalue weighted by Crippen LogP contribution is -2.09. The van der Waals surface area contributed by atoms with Crippen LogP contribution in [0.3, 0.4) is 0 Å². The van der Waals surface area contributed by atoms with Gasteiger partial charge in [0.25, 0.3) is 0 Å². The quantitative estimate of drug-likeness (QED) is 0.350. The monoisotopic (exact) mass is 171 g/mol. The first-order chi connectivity index (χ1) is 5.24. The highest BCUT2D eigenvalue weighted by Gasteiger charge is 2.00. The van der Waals surface area contributed by atoms with Crippen molar-refractivity contribution >= 4 is 17.2 Å². The van der Waals surface area contributed by atoms with Gasteiger partial charge in [0.2, 0.25) is 0 Å². The largest absolute Gasteiger partial charge is 0.384 e. The van der Waals surface area contributed by atoms with Gasteiger partial charge in [0.15, 0.2) is 0 Å². The Hall–Kier alpha value is -0.910. The van der Waals surface area contributed by atoms with E-state index in [9.17, 15) is 0 Å². The zero-order chi connectivity index (χ0) is 8.27. The summed E-state index contributed by atoms with van der Waals surface area (Å²) in [4.78, 5) is 5.39. The summed E-state index contributed by atoms with van der Waals surface area (Å²) in [6, 6.07) is 1.79. The third kappa shape index (κ3) is 2.01. The summed E-state index contributed by atoms with van der Waals surface area (Å²) in [6.07, 6.45) is 0. The minimum Gasteiger partial charge on any atom is -0.384 e. The van der Waals surface area contributed by atoms with Crippen molar-refractivity contribution in [2.24, 2.45) is 11.6 Å². The van der Waals surface area contributed by atoms with E-state index in [0.29, 0.717) is 6.61 Å². The average Bonchev–Trinajstić information content (AvgIpc) is 2.37. The Morgan fingerprint density at radius 1 is 1.73 bits per heavy atom. The Kier molecular flexibility index (Phi) is 2.58. The molecule has 0 unspecified atom stereocenters. The van der Waals surface area contributed by atoms with Crippen LogP contribution in [0.5, 0.6) is 0 Å². The molecule has 1 rings (SSSR count). The van der Waals surface area contributed by atoms with Gasteiger partial charge < -0.3 is 5.73 Å². The highest BCUT2D eigenvalue weighted by atomic mass is 32.1. The lowest BCUT2D eigenvalue weighted by Gasteiger charge is -1.90. The molecule has 0 aliphatic heterocycles. The van der Waals surface area contributed by atoms with Crippen LogP contribution in [-0.4, -0.2) is 5.84 Å². The number of rotatable bonds is 3. The maximum atomic E-state index is 7.09. The van der Waals surface area contributed by atoms with Crippen LogP contribution in [0.25, 0.3) is 0 Å². The van der Waals surface area contributed by atoms with Crippen molar-refractivity contribution in [3.05, 3.63) is 21.9 Å². The van der Waals surface area contributed by atoms with Crippen LogP contribution in [0.1, 0.15) is 10.4 Å². The maximum absolute atomic E-state index is 7.09. The summed E-state index contributed by atoms with van der Waals surface area (Å²) in [6.45, 7) is 0.373. The molecule has 1 heterocycles. The molecule has 0 radical (unpaired) electrons. The molecule has 1 aromatic heterocycles. The molecule has 5 heteroatoms. The summed E-state index contributed by atoms with van der Waals surface area (Å²) >= 11 is 1.48. The summed E-state index contributed by atoms with van der Waals surface area (Å²) in [7, 11) is 0. The van der Waals surface area contributed by atoms with Crippen LogP contribution < -0.4 is 11.6 Å². The van der Waals surface area contributed by atoms with E-state index in [1.165, 1.54) is 11.3 Å². The number of hydrogen-bond acceptors (Lipinski definition) is 4. The highest BCUT2D eigenvalue weighted by Crippen LogP contribution is 2.14. The van der Waals surface area contributed by atoms with Gasteiger partial charge in [-0.25, -0.2) is 5.90 Å². The van der Waals surface area contributed by atoms with Crippen molar-refractivity contribution in [3.63, 3.8) is 0 Å². The Morgan fingerprint density at radius 2 is 2.45 bits per heavy atom. The van der Waals surface area contributed by atoms with Crippen LogP contribution >= 0.6 is 11.3 Å². The van der Waals surface area contributed by atoms with Crippen molar-refractivity contribution in [2.45, 2.75) is 6.61 Å². The zero-order valence-corrected chi connectivity index (χ0v) is 6.65. The van der Waals surface area contributed by atoms with Gasteiger partial charge in [0.05, 0.1) is 0 Å². The van der Waals surface area contributed by atoms with Gasteiger partial charge in [-0.05, 0) is 6.07 Å². The fourth-order valence-corrected chi connectivity index (χ4v) is 1.48. The van der Waals surface area contributed by atoms with E-state index in [1.54, 1.807) is 11.4 Å². The minimum atomic E-state index is 0.0736. The molecule has 4 nitrogen and oxygen atoms in total. The third-order valence-corrected chi connectivity index (χ3v) is 2.10. The lowest BCUT2D eigenvalue weighted by atomic mass is 10.3. The lowest BCUT2D eigenvalue weighted by molar-refractivity contribution is 0.126. The molecule has 60 valence electrons. The first kappa shape index (κ1) is 8.19. The minimum absolute atomic E-state index is 0.0736.